The fourth-order valence-electron chi connectivity index (χ4n) is 0.370. The number of hydrogen-bond acceptors (Lipinski definition) is 1. The van der Waals surface area contributed by atoms with E-state index in [-0.39, 0.29) is 5.78 Å². The van der Waals surface area contributed by atoms with Crippen LogP contribution in [0.1, 0.15) is 12.8 Å². The first-order valence-corrected chi connectivity index (χ1v) is 3.69. The summed E-state index contributed by atoms with van der Waals surface area (Å²) >= 11 is 3.17. The van der Waals surface area contributed by atoms with Gasteiger partial charge >= 0.3 is 6.21 Å². The molecule has 0 radical (unpaired) electrons. The predicted octanol–water partition coefficient (Wildman–Crippen LogP) is 1.03. The second-order valence-corrected chi connectivity index (χ2v) is 2.30. The highest BCUT2D eigenvalue weighted by atomic mass is 79.9. The lowest BCUT2D eigenvalue weighted by atomic mass is 10.2. The molecule has 0 atom stereocenters. The maximum absolute atomic E-state index is 10.5. The third kappa shape index (κ3) is 5.40. The van der Waals surface area contributed by atoms with E-state index in [1.54, 1.807) is 0 Å². The van der Waals surface area contributed by atoms with Gasteiger partial charge in [-0.25, -0.2) is 0 Å². The van der Waals surface area contributed by atoms with E-state index in [9.17, 15) is 4.79 Å². The lowest BCUT2D eigenvalue weighted by molar-refractivity contribution is -0.116. The van der Waals surface area contributed by atoms with Crippen molar-refractivity contribution in [2.24, 2.45) is 0 Å². The molecule has 4 heteroatoms. The van der Waals surface area contributed by atoms with Crippen molar-refractivity contribution in [2.45, 2.75) is 12.8 Å². The molecule has 0 saturated heterocycles. The lowest BCUT2D eigenvalue weighted by Gasteiger charge is -1.83. The number of carbonyl (C=O) groups is 1. The topological polar surface area (TPSA) is 53.5 Å². The molecule has 3 nitrogen and oxygen atoms in total. The molecular weight excluding hydrogens is 184 g/mol. The third-order valence-electron chi connectivity index (χ3n) is 0.759. The fourth-order valence-corrected chi connectivity index (χ4v) is 0.650. The Morgan fingerprint density at radius 3 is 2.89 bits per heavy atom. The maximum Gasteiger partial charge on any atom is 0.323 e. The van der Waals surface area contributed by atoms with Crippen LogP contribution in [0.25, 0.3) is 5.53 Å². The Balaban J connectivity index is 3.39. The SMILES string of the molecule is [N-]=[N+]=CC(=O)CCCBr. The zero-order valence-electron chi connectivity index (χ0n) is 4.88. The summed E-state index contributed by atoms with van der Waals surface area (Å²) in [7, 11) is 0. The molecule has 0 amide bonds. The second-order valence-electron chi connectivity index (χ2n) is 1.50. The van der Waals surface area contributed by atoms with Crippen LogP contribution in [0.15, 0.2) is 0 Å². The van der Waals surface area contributed by atoms with Gasteiger partial charge in [-0.1, -0.05) is 15.9 Å². The molecule has 0 aliphatic carbocycles. The zero-order valence-corrected chi connectivity index (χ0v) is 6.47. The first-order chi connectivity index (χ1) is 4.31. The van der Waals surface area contributed by atoms with Gasteiger partial charge in [0.25, 0.3) is 0 Å². The Labute approximate surface area is 61.8 Å². The van der Waals surface area contributed by atoms with E-state index in [1.807, 2.05) is 0 Å². The molecule has 0 saturated carbocycles. The molecule has 0 N–H and O–H groups in total. The number of hydrogen-bond donors (Lipinski definition) is 0. The van der Waals surface area contributed by atoms with Crippen LogP contribution in [0.4, 0.5) is 0 Å². The highest BCUT2D eigenvalue weighted by molar-refractivity contribution is 9.09. The predicted molar refractivity (Wildman–Crippen MR) is 37.7 cm³/mol. The summed E-state index contributed by atoms with van der Waals surface area (Å²) < 4.78 is 0. The number of ketones is 1. The smallest absolute Gasteiger partial charge is 0.323 e. The zero-order chi connectivity index (χ0) is 7.11. The van der Waals surface area contributed by atoms with E-state index in [0.717, 1.165) is 18.0 Å². The maximum atomic E-state index is 10.5. The number of alkyl halides is 1. The summed E-state index contributed by atoms with van der Waals surface area (Å²) in [5.41, 5.74) is 7.87. The highest BCUT2D eigenvalue weighted by Gasteiger charge is 1.99. The van der Waals surface area contributed by atoms with Crippen LogP contribution in [-0.4, -0.2) is 22.1 Å². The molecule has 0 aromatic carbocycles. The van der Waals surface area contributed by atoms with Crippen LogP contribution >= 0.6 is 15.9 Å². The van der Waals surface area contributed by atoms with Gasteiger partial charge < -0.3 is 5.53 Å². The molecule has 9 heavy (non-hydrogen) atoms. The van der Waals surface area contributed by atoms with Crippen molar-refractivity contribution in [1.82, 2.24) is 0 Å². The van der Waals surface area contributed by atoms with E-state index in [1.165, 1.54) is 0 Å². The van der Waals surface area contributed by atoms with E-state index in [2.05, 4.69) is 20.7 Å². The van der Waals surface area contributed by atoms with Gasteiger partial charge in [0.15, 0.2) is 0 Å². The Morgan fingerprint density at radius 1 is 1.78 bits per heavy atom. The summed E-state index contributed by atoms with van der Waals surface area (Å²) in [6.45, 7) is 0. The van der Waals surface area contributed by atoms with Gasteiger partial charge in [-0.3, -0.25) is 4.79 Å². The molecule has 0 spiro atoms. The molecule has 0 fully saturated rings. The summed E-state index contributed by atoms with van der Waals surface area (Å²) in [6, 6.07) is 0. The minimum absolute atomic E-state index is 0.142. The van der Waals surface area contributed by atoms with Crippen molar-refractivity contribution in [3.05, 3.63) is 5.53 Å². The first-order valence-electron chi connectivity index (χ1n) is 2.57. The fraction of sp³-hybridized carbons (Fsp3) is 0.600. The number of halogens is 1. The minimum atomic E-state index is -0.142. The number of Topliss-reactive ketones (excluding diaryl/α,β-unsaturated/α-hetero) is 1. The molecular formula is C5H7BrN2O. The number of nitrogens with zero attached hydrogens (tertiary/aromatic N) is 2. The third-order valence-corrected chi connectivity index (χ3v) is 1.32. The highest BCUT2D eigenvalue weighted by Crippen LogP contribution is 1.92. The molecule has 0 rings (SSSR count). The van der Waals surface area contributed by atoms with Gasteiger partial charge in [-0.15, -0.1) is 0 Å². The second kappa shape index (κ2) is 5.66. The minimum Gasteiger partial charge on any atom is -0.361 e. The summed E-state index contributed by atoms with van der Waals surface area (Å²) in [5, 5.41) is 0.804. The molecule has 0 heterocycles. The molecule has 0 aliphatic heterocycles. The van der Waals surface area contributed by atoms with Crippen molar-refractivity contribution in [2.75, 3.05) is 5.33 Å². The van der Waals surface area contributed by atoms with Crippen molar-refractivity contribution in [3.63, 3.8) is 0 Å². The van der Waals surface area contributed by atoms with Crippen molar-refractivity contribution in [1.29, 1.82) is 0 Å². The lowest BCUT2D eigenvalue weighted by Crippen LogP contribution is -1.99. The van der Waals surface area contributed by atoms with E-state index in [4.69, 9.17) is 5.53 Å². The average molecular weight is 191 g/mol. The van der Waals surface area contributed by atoms with E-state index < -0.39 is 0 Å². The summed E-state index contributed by atoms with van der Waals surface area (Å²) in [6.07, 6.45) is 2.14. The Hall–Kier alpha value is -0.470. The molecule has 0 unspecified atom stereocenters. The first kappa shape index (κ1) is 8.53. The normalized spacial score (nSPS) is 8.11. The van der Waals surface area contributed by atoms with Crippen LogP contribution in [-0.2, 0) is 4.79 Å². The van der Waals surface area contributed by atoms with Gasteiger partial charge in [0.05, 0.1) is 0 Å². The quantitative estimate of drug-likeness (QED) is 0.283. The van der Waals surface area contributed by atoms with Gasteiger partial charge in [-0.2, -0.15) is 4.79 Å². The van der Waals surface area contributed by atoms with Crippen molar-refractivity contribution < 1.29 is 9.58 Å². The van der Waals surface area contributed by atoms with Gasteiger partial charge in [-0.05, 0) is 6.42 Å². The standard InChI is InChI=1S/C5H7BrN2O/c6-3-1-2-5(9)4-8-7/h4H,1-3H2. The van der Waals surface area contributed by atoms with Crippen LogP contribution in [0.2, 0.25) is 0 Å². The van der Waals surface area contributed by atoms with Crippen LogP contribution in [0.3, 0.4) is 0 Å². The van der Waals surface area contributed by atoms with Gasteiger partial charge in [0.2, 0.25) is 5.78 Å². The Morgan fingerprint density at radius 2 is 2.44 bits per heavy atom. The van der Waals surface area contributed by atoms with Crippen molar-refractivity contribution >= 4 is 27.9 Å². The Kier molecular flexibility index (Phi) is 5.37. The monoisotopic (exact) mass is 190 g/mol. The van der Waals surface area contributed by atoms with Gasteiger partial charge in [0.1, 0.15) is 0 Å². The van der Waals surface area contributed by atoms with Crippen LogP contribution < -0.4 is 0 Å². The molecule has 0 aromatic heterocycles. The largest absolute Gasteiger partial charge is 0.361 e. The molecule has 50 valence electrons. The number of rotatable bonds is 4. The van der Waals surface area contributed by atoms with E-state index >= 15 is 0 Å². The number of carbonyl (C=O) groups excluding carboxylic acids is 1. The molecule has 0 aliphatic rings. The van der Waals surface area contributed by atoms with Gasteiger partial charge in [0, 0.05) is 11.8 Å². The van der Waals surface area contributed by atoms with E-state index in [0.29, 0.717) is 6.42 Å². The molecule has 0 aromatic rings. The van der Waals surface area contributed by atoms with Crippen LogP contribution in [0.5, 0.6) is 0 Å². The summed E-state index contributed by atoms with van der Waals surface area (Å²) in [4.78, 5) is 13.1. The Bertz CT molecular complexity index is 140. The summed E-state index contributed by atoms with van der Waals surface area (Å²) in [5.74, 6) is -0.142. The van der Waals surface area contributed by atoms with Crippen molar-refractivity contribution in [3.8, 4) is 0 Å². The van der Waals surface area contributed by atoms with Crippen LogP contribution in [0, 0.1) is 0 Å². The molecule has 0 bridgehead atoms. The average Bonchev–Trinajstić information content (AvgIpc) is 1.85.